The molecule has 0 aliphatic heterocycles. The maximum atomic E-state index is 10.2. The van der Waals surface area contributed by atoms with Crippen LogP contribution >= 0.6 is 9.24 Å². The SMILES string of the molecule is CN(C=O)CCN(C)/C=C\P. The van der Waals surface area contributed by atoms with Crippen molar-refractivity contribution in [3.8, 4) is 0 Å². The van der Waals surface area contributed by atoms with E-state index in [1.54, 1.807) is 11.9 Å². The van der Waals surface area contributed by atoms with Crippen LogP contribution in [0.25, 0.3) is 0 Å². The monoisotopic (exact) mass is 174 g/mol. The topological polar surface area (TPSA) is 23.6 Å². The molecule has 0 spiro atoms. The summed E-state index contributed by atoms with van der Waals surface area (Å²) in [5.41, 5.74) is 0. The maximum Gasteiger partial charge on any atom is 0.209 e. The minimum absolute atomic E-state index is 0.759. The molecule has 0 aromatic rings. The molecule has 0 saturated carbocycles. The second-order valence-corrected chi connectivity index (χ2v) is 2.79. The fraction of sp³-hybridized carbons (Fsp3) is 0.571. The van der Waals surface area contributed by atoms with Gasteiger partial charge >= 0.3 is 0 Å². The Morgan fingerprint density at radius 3 is 2.27 bits per heavy atom. The van der Waals surface area contributed by atoms with Crippen molar-refractivity contribution in [3.05, 3.63) is 12.0 Å². The summed E-state index contributed by atoms with van der Waals surface area (Å²) in [5.74, 6) is 1.89. The van der Waals surface area contributed by atoms with Crippen LogP contribution in [0.4, 0.5) is 0 Å². The van der Waals surface area contributed by atoms with Gasteiger partial charge in [-0.15, -0.1) is 9.24 Å². The number of likely N-dealkylation sites (N-methyl/N-ethyl adjacent to an activating group) is 2. The molecule has 64 valence electrons. The van der Waals surface area contributed by atoms with Crippen molar-refractivity contribution in [2.24, 2.45) is 0 Å². The summed E-state index contributed by atoms with van der Waals surface area (Å²) in [7, 11) is 6.24. The molecule has 0 aromatic carbocycles. The summed E-state index contributed by atoms with van der Waals surface area (Å²) in [6.45, 7) is 1.62. The van der Waals surface area contributed by atoms with Gasteiger partial charge in [-0.3, -0.25) is 4.79 Å². The normalized spacial score (nSPS) is 10.1. The summed E-state index contributed by atoms with van der Waals surface area (Å²) in [5, 5.41) is 0. The third-order valence-electron chi connectivity index (χ3n) is 1.33. The van der Waals surface area contributed by atoms with Crippen molar-refractivity contribution in [2.45, 2.75) is 0 Å². The molecule has 4 heteroatoms. The number of carbonyl (C=O) groups excluding carboxylic acids is 1. The minimum Gasteiger partial charge on any atom is -0.379 e. The van der Waals surface area contributed by atoms with Crippen molar-refractivity contribution in [1.82, 2.24) is 9.80 Å². The molecule has 11 heavy (non-hydrogen) atoms. The highest BCUT2D eigenvalue weighted by Gasteiger charge is 1.93. The van der Waals surface area contributed by atoms with E-state index in [2.05, 4.69) is 9.24 Å². The molecule has 0 radical (unpaired) electrons. The number of carbonyl (C=O) groups is 1. The maximum absolute atomic E-state index is 10.2. The van der Waals surface area contributed by atoms with Crippen LogP contribution in [-0.4, -0.2) is 43.4 Å². The van der Waals surface area contributed by atoms with Gasteiger partial charge in [0.2, 0.25) is 6.41 Å². The van der Waals surface area contributed by atoms with E-state index in [0.29, 0.717) is 0 Å². The largest absolute Gasteiger partial charge is 0.379 e. The Hall–Kier alpha value is -0.560. The first-order valence-electron chi connectivity index (χ1n) is 3.45. The highest BCUT2D eigenvalue weighted by atomic mass is 31.0. The molecule has 0 heterocycles. The van der Waals surface area contributed by atoms with E-state index in [1.165, 1.54) is 0 Å². The minimum atomic E-state index is 0.759. The highest BCUT2D eigenvalue weighted by Crippen LogP contribution is 1.89. The van der Waals surface area contributed by atoms with E-state index in [9.17, 15) is 4.79 Å². The van der Waals surface area contributed by atoms with Gasteiger partial charge in [0.1, 0.15) is 0 Å². The Labute approximate surface area is 70.3 Å². The molecule has 1 unspecified atom stereocenters. The smallest absolute Gasteiger partial charge is 0.209 e. The van der Waals surface area contributed by atoms with Gasteiger partial charge in [0.05, 0.1) is 0 Å². The Kier molecular flexibility index (Phi) is 5.86. The summed E-state index contributed by atoms with van der Waals surface area (Å²) >= 11 is 0. The molecule has 0 aromatic heterocycles. The van der Waals surface area contributed by atoms with Crippen LogP contribution in [0, 0.1) is 0 Å². The lowest BCUT2D eigenvalue weighted by Crippen LogP contribution is -2.26. The molecule has 0 N–H and O–H groups in total. The fourth-order valence-electron chi connectivity index (χ4n) is 0.590. The summed E-state index contributed by atoms with van der Waals surface area (Å²) in [6.07, 6.45) is 2.78. The Morgan fingerprint density at radius 1 is 1.27 bits per heavy atom. The number of amides is 1. The molecule has 1 amide bonds. The molecule has 0 rings (SSSR count). The van der Waals surface area contributed by atoms with Gasteiger partial charge in [-0.1, -0.05) is 5.82 Å². The summed E-state index contributed by atoms with van der Waals surface area (Å²) in [4.78, 5) is 13.8. The number of hydrogen-bond donors (Lipinski definition) is 0. The Morgan fingerprint density at radius 2 is 1.82 bits per heavy atom. The third-order valence-corrected chi connectivity index (χ3v) is 1.50. The van der Waals surface area contributed by atoms with E-state index in [1.807, 2.05) is 24.0 Å². The zero-order valence-electron chi connectivity index (χ0n) is 7.03. The van der Waals surface area contributed by atoms with Gasteiger partial charge in [-0.25, -0.2) is 0 Å². The van der Waals surface area contributed by atoms with Crippen LogP contribution in [0.1, 0.15) is 0 Å². The first-order chi connectivity index (χ1) is 5.20. The molecule has 3 nitrogen and oxygen atoms in total. The van der Waals surface area contributed by atoms with E-state index in [0.717, 1.165) is 19.5 Å². The van der Waals surface area contributed by atoms with Gasteiger partial charge in [0, 0.05) is 27.2 Å². The predicted octanol–water partition coefficient (Wildman–Crippen LogP) is 0.353. The van der Waals surface area contributed by atoms with Gasteiger partial charge in [0.25, 0.3) is 0 Å². The second-order valence-electron chi connectivity index (χ2n) is 2.41. The first kappa shape index (κ1) is 10.4. The third kappa shape index (κ3) is 5.86. The lowest BCUT2D eigenvalue weighted by Gasteiger charge is -2.16. The lowest BCUT2D eigenvalue weighted by atomic mass is 10.5. The first-order valence-corrected chi connectivity index (χ1v) is 4.11. The van der Waals surface area contributed by atoms with Crippen LogP contribution < -0.4 is 0 Å². The average molecular weight is 174 g/mol. The summed E-state index contributed by atoms with van der Waals surface area (Å²) in [6, 6.07) is 0. The van der Waals surface area contributed by atoms with Crippen molar-refractivity contribution in [3.63, 3.8) is 0 Å². The van der Waals surface area contributed by atoms with Crippen LogP contribution in [0.15, 0.2) is 12.0 Å². The Balaban J connectivity index is 3.44. The molecular formula is C7H15N2OP. The van der Waals surface area contributed by atoms with Crippen LogP contribution in [0.3, 0.4) is 0 Å². The van der Waals surface area contributed by atoms with Crippen molar-refractivity contribution in [2.75, 3.05) is 27.2 Å². The van der Waals surface area contributed by atoms with Crippen LogP contribution in [0.2, 0.25) is 0 Å². The molecule has 0 saturated heterocycles. The lowest BCUT2D eigenvalue weighted by molar-refractivity contribution is -0.117. The molecule has 0 fully saturated rings. The number of nitrogens with zero attached hydrogens (tertiary/aromatic N) is 2. The van der Waals surface area contributed by atoms with Crippen molar-refractivity contribution < 1.29 is 4.79 Å². The van der Waals surface area contributed by atoms with Gasteiger partial charge in [-0.2, -0.15) is 0 Å². The number of hydrogen-bond acceptors (Lipinski definition) is 2. The van der Waals surface area contributed by atoms with Gasteiger partial charge in [0.15, 0.2) is 0 Å². The molecule has 1 atom stereocenters. The Bertz CT molecular complexity index is 138. The van der Waals surface area contributed by atoms with Crippen LogP contribution in [0.5, 0.6) is 0 Å². The fourth-order valence-corrected chi connectivity index (χ4v) is 0.883. The van der Waals surface area contributed by atoms with Crippen molar-refractivity contribution >= 4 is 15.6 Å². The molecule has 0 aliphatic rings. The molecule has 0 bridgehead atoms. The zero-order chi connectivity index (χ0) is 8.69. The van der Waals surface area contributed by atoms with Gasteiger partial charge < -0.3 is 9.80 Å². The quantitative estimate of drug-likeness (QED) is 0.443. The van der Waals surface area contributed by atoms with E-state index >= 15 is 0 Å². The zero-order valence-corrected chi connectivity index (χ0v) is 8.18. The molecular weight excluding hydrogens is 159 g/mol. The van der Waals surface area contributed by atoms with Crippen molar-refractivity contribution in [1.29, 1.82) is 0 Å². The predicted molar refractivity (Wildman–Crippen MR) is 50.2 cm³/mol. The standard InChI is InChI=1S/C7H15N2OP/c1-8(5-6-11)3-4-9(2)7-10/h5-7H,3-4,11H2,1-2H3/b6-5-. The van der Waals surface area contributed by atoms with E-state index in [-0.39, 0.29) is 0 Å². The van der Waals surface area contributed by atoms with Crippen LogP contribution in [-0.2, 0) is 4.79 Å². The number of rotatable bonds is 5. The van der Waals surface area contributed by atoms with Gasteiger partial charge in [-0.05, 0) is 6.20 Å². The average Bonchev–Trinajstić information content (AvgIpc) is 2.01. The van der Waals surface area contributed by atoms with E-state index in [4.69, 9.17) is 0 Å². The summed E-state index contributed by atoms with van der Waals surface area (Å²) < 4.78 is 0. The van der Waals surface area contributed by atoms with E-state index < -0.39 is 0 Å². The second kappa shape index (κ2) is 6.17. The molecule has 0 aliphatic carbocycles. The highest BCUT2D eigenvalue weighted by molar-refractivity contribution is 7.20.